The van der Waals surface area contributed by atoms with Crippen LogP contribution in [0.2, 0.25) is 5.02 Å². The van der Waals surface area contributed by atoms with E-state index in [-0.39, 0.29) is 22.2 Å². The van der Waals surface area contributed by atoms with Gasteiger partial charge in [-0.1, -0.05) is 54.1 Å². The molecule has 0 aliphatic carbocycles. The second kappa shape index (κ2) is 11.3. The van der Waals surface area contributed by atoms with E-state index in [1.54, 1.807) is 24.3 Å². The third-order valence-electron chi connectivity index (χ3n) is 5.62. The Morgan fingerprint density at radius 2 is 1.72 bits per heavy atom. The molecule has 0 aliphatic rings. The average Bonchev–Trinajstić information content (AvgIpc) is 2.92. The van der Waals surface area contributed by atoms with Crippen LogP contribution in [0.15, 0.2) is 84.4 Å². The van der Waals surface area contributed by atoms with Gasteiger partial charge in [0.2, 0.25) is 0 Å². The number of carbonyl (C=O) groups is 2. The lowest BCUT2D eigenvalue weighted by Crippen LogP contribution is -2.15. The van der Waals surface area contributed by atoms with Crippen molar-refractivity contribution in [2.24, 2.45) is 0 Å². The largest absolute Gasteiger partial charge is 0.493 e. The van der Waals surface area contributed by atoms with Crippen molar-refractivity contribution in [3.8, 4) is 17.6 Å². The summed E-state index contributed by atoms with van der Waals surface area (Å²) < 4.78 is 50.0. The van der Waals surface area contributed by atoms with Crippen molar-refractivity contribution >= 4 is 46.0 Å². The molecule has 0 radical (unpaired) electrons. The van der Waals surface area contributed by atoms with E-state index in [2.05, 4.69) is 5.32 Å². The first kappa shape index (κ1) is 27.2. The number of halogens is 4. The van der Waals surface area contributed by atoms with Crippen LogP contribution >= 0.6 is 11.6 Å². The van der Waals surface area contributed by atoms with Gasteiger partial charge in [-0.25, -0.2) is 4.79 Å². The summed E-state index contributed by atoms with van der Waals surface area (Å²) in [5.74, 6) is -1.32. The molecule has 0 heterocycles. The lowest BCUT2D eigenvalue weighted by atomic mass is 10.0. The van der Waals surface area contributed by atoms with E-state index in [1.165, 1.54) is 31.4 Å². The fraction of sp³-hybridized carbons (Fsp3) is 0.0690. The molecule has 39 heavy (non-hydrogen) atoms. The van der Waals surface area contributed by atoms with Gasteiger partial charge in [-0.15, -0.1) is 0 Å². The summed E-state index contributed by atoms with van der Waals surface area (Å²) in [6, 6.07) is 21.1. The molecule has 196 valence electrons. The summed E-state index contributed by atoms with van der Waals surface area (Å²) >= 11 is 5.93. The van der Waals surface area contributed by atoms with Crippen LogP contribution in [0.3, 0.4) is 0 Å². The van der Waals surface area contributed by atoms with Crippen molar-refractivity contribution in [1.82, 2.24) is 0 Å². The van der Waals surface area contributed by atoms with E-state index in [4.69, 9.17) is 21.1 Å². The van der Waals surface area contributed by atoms with E-state index >= 15 is 0 Å². The number of amides is 1. The molecule has 0 aromatic heterocycles. The average molecular weight is 551 g/mol. The number of benzene rings is 4. The van der Waals surface area contributed by atoms with E-state index < -0.39 is 29.2 Å². The highest BCUT2D eigenvalue weighted by molar-refractivity contribution is 6.34. The molecule has 6 nitrogen and oxygen atoms in total. The van der Waals surface area contributed by atoms with E-state index in [0.29, 0.717) is 22.6 Å². The Morgan fingerprint density at radius 1 is 0.974 bits per heavy atom. The maximum Gasteiger partial charge on any atom is 0.416 e. The number of alkyl halides is 3. The number of fused-ring (bicyclic) bond motifs is 1. The Balaban J connectivity index is 1.57. The molecule has 0 unspecified atom stereocenters. The third kappa shape index (κ3) is 6.20. The minimum absolute atomic E-state index is 0.103. The number of carbonyl (C=O) groups excluding carboxylic acids is 2. The van der Waals surface area contributed by atoms with Gasteiger partial charge in [0, 0.05) is 0 Å². The van der Waals surface area contributed by atoms with Gasteiger partial charge in [-0.3, -0.25) is 4.79 Å². The Morgan fingerprint density at radius 3 is 2.44 bits per heavy atom. The molecule has 4 aromatic rings. The Hall–Kier alpha value is -4.81. The molecule has 0 saturated heterocycles. The quantitative estimate of drug-likeness (QED) is 0.118. The Kier molecular flexibility index (Phi) is 7.88. The smallest absolute Gasteiger partial charge is 0.416 e. The number of esters is 1. The summed E-state index contributed by atoms with van der Waals surface area (Å²) in [6.07, 6.45) is -3.44. The number of ether oxygens (including phenoxy) is 2. The van der Waals surface area contributed by atoms with Crippen LogP contribution in [0.5, 0.6) is 11.5 Å². The number of methoxy groups -OCH3 is 1. The van der Waals surface area contributed by atoms with Crippen molar-refractivity contribution in [1.29, 1.82) is 5.26 Å². The van der Waals surface area contributed by atoms with Crippen molar-refractivity contribution in [2.75, 3.05) is 12.4 Å². The third-order valence-corrected chi connectivity index (χ3v) is 5.95. The van der Waals surface area contributed by atoms with Crippen LogP contribution in [0.4, 0.5) is 18.9 Å². The zero-order chi connectivity index (χ0) is 28.2. The van der Waals surface area contributed by atoms with E-state index in [0.717, 1.165) is 17.5 Å². The molecule has 0 atom stereocenters. The molecule has 1 amide bonds. The monoisotopic (exact) mass is 550 g/mol. The first-order valence-corrected chi connectivity index (χ1v) is 11.7. The molecule has 0 aliphatic heterocycles. The molecule has 1 N–H and O–H groups in total. The summed E-state index contributed by atoms with van der Waals surface area (Å²) in [5.41, 5.74) is -1.03. The summed E-state index contributed by atoms with van der Waals surface area (Å²) in [5, 5.41) is 13.2. The molecular formula is C29H18ClF3N2O4. The number of hydrogen-bond donors (Lipinski definition) is 1. The van der Waals surface area contributed by atoms with Gasteiger partial charge in [-0.2, -0.15) is 18.4 Å². The Bertz CT molecular complexity index is 1650. The predicted octanol–water partition coefficient (Wildman–Crippen LogP) is 7.29. The zero-order valence-electron chi connectivity index (χ0n) is 20.2. The van der Waals surface area contributed by atoms with Gasteiger partial charge in [0.05, 0.1) is 28.9 Å². The topological polar surface area (TPSA) is 88.4 Å². The number of hydrogen-bond acceptors (Lipinski definition) is 5. The number of anilines is 1. The van der Waals surface area contributed by atoms with Gasteiger partial charge in [0.15, 0.2) is 11.5 Å². The Labute approximate surface area is 225 Å². The van der Waals surface area contributed by atoms with Gasteiger partial charge < -0.3 is 14.8 Å². The maximum absolute atomic E-state index is 13.0. The molecule has 4 rings (SSSR count). The SMILES string of the molecule is COc1cc(/C=C(/C#N)C(=O)Nc2cc(C(F)(F)F)ccc2Cl)ccc1OC(=O)c1cccc2ccccc12. The normalized spacial score (nSPS) is 11.5. The first-order valence-electron chi connectivity index (χ1n) is 11.3. The number of nitriles is 1. The van der Waals surface area contributed by atoms with Crippen molar-refractivity contribution in [3.63, 3.8) is 0 Å². The van der Waals surface area contributed by atoms with E-state index in [1.807, 2.05) is 24.3 Å². The predicted molar refractivity (Wildman–Crippen MR) is 141 cm³/mol. The summed E-state index contributed by atoms with van der Waals surface area (Å²) in [7, 11) is 1.35. The molecule has 0 bridgehead atoms. The van der Waals surface area contributed by atoms with Crippen molar-refractivity contribution < 1.29 is 32.2 Å². The van der Waals surface area contributed by atoms with Crippen molar-refractivity contribution in [2.45, 2.75) is 6.18 Å². The van der Waals surface area contributed by atoms with Gasteiger partial charge >= 0.3 is 12.1 Å². The lowest BCUT2D eigenvalue weighted by Gasteiger charge is -2.12. The van der Waals surface area contributed by atoms with Gasteiger partial charge in [0.1, 0.15) is 11.6 Å². The maximum atomic E-state index is 13.0. The van der Waals surface area contributed by atoms with Crippen LogP contribution in [-0.4, -0.2) is 19.0 Å². The minimum Gasteiger partial charge on any atom is -0.493 e. The lowest BCUT2D eigenvalue weighted by molar-refractivity contribution is -0.137. The van der Waals surface area contributed by atoms with Crippen molar-refractivity contribution in [3.05, 3.63) is 106 Å². The molecular weight excluding hydrogens is 533 g/mol. The molecule has 4 aromatic carbocycles. The highest BCUT2D eigenvalue weighted by atomic mass is 35.5. The van der Waals surface area contributed by atoms with Crippen LogP contribution in [-0.2, 0) is 11.0 Å². The zero-order valence-corrected chi connectivity index (χ0v) is 20.9. The fourth-order valence-corrected chi connectivity index (χ4v) is 3.88. The summed E-state index contributed by atoms with van der Waals surface area (Å²) in [6.45, 7) is 0. The fourth-order valence-electron chi connectivity index (χ4n) is 3.72. The minimum atomic E-state index is -4.65. The van der Waals surface area contributed by atoms with Gasteiger partial charge in [-0.05, 0) is 58.8 Å². The second-order valence-corrected chi connectivity index (χ2v) is 8.55. The molecule has 0 spiro atoms. The van der Waals surface area contributed by atoms with Gasteiger partial charge in [0.25, 0.3) is 5.91 Å². The molecule has 10 heteroatoms. The summed E-state index contributed by atoms with van der Waals surface area (Å²) in [4.78, 5) is 25.6. The molecule has 0 saturated carbocycles. The van der Waals surface area contributed by atoms with Crippen LogP contribution in [0.25, 0.3) is 16.8 Å². The number of nitrogens with one attached hydrogen (secondary N) is 1. The van der Waals surface area contributed by atoms with Crippen LogP contribution in [0.1, 0.15) is 21.5 Å². The first-order chi connectivity index (χ1) is 18.6. The highest BCUT2D eigenvalue weighted by Crippen LogP contribution is 2.34. The van der Waals surface area contributed by atoms with Crippen LogP contribution < -0.4 is 14.8 Å². The standard InChI is InChI=1S/C29H18ClF3N2O4/c1-38-26-14-17(9-12-25(26)39-28(37)22-8-4-6-18-5-2-3-7-21(18)22)13-19(16-34)27(36)35-24-15-20(29(31,32)33)10-11-23(24)30/h2-15H,1H3,(H,35,36)/b19-13-. The van der Waals surface area contributed by atoms with E-state index in [9.17, 15) is 28.0 Å². The number of rotatable bonds is 6. The molecule has 0 fully saturated rings. The second-order valence-electron chi connectivity index (χ2n) is 8.14. The highest BCUT2D eigenvalue weighted by Gasteiger charge is 2.31. The number of nitrogens with zero attached hydrogens (tertiary/aromatic N) is 1. The van der Waals surface area contributed by atoms with Crippen LogP contribution in [0, 0.1) is 11.3 Å².